The quantitative estimate of drug-likeness (QED) is 0.494. The van der Waals surface area contributed by atoms with Crippen LogP contribution in [0.3, 0.4) is 0 Å². The maximum Gasteiger partial charge on any atom is -0.00178 e. The molecule has 1 heteroatoms. The Morgan fingerprint density at radius 1 is 1.05 bits per heavy atom. The highest BCUT2D eigenvalue weighted by Crippen LogP contribution is 2.36. The molecule has 0 aromatic carbocycles. The van der Waals surface area contributed by atoms with Gasteiger partial charge in [0.25, 0.3) is 0 Å². The zero-order chi connectivity index (χ0) is 13.9. The summed E-state index contributed by atoms with van der Waals surface area (Å²) in [5, 5.41) is 3.70. The monoisotopic (exact) mass is 267 g/mol. The van der Waals surface area contributed by atoms with Crippen LogP contribution in [-0.2, 0) is 0 Å². The molecular formula is C18H37N. The first-order valence-electron chi connectivity index (χ1n) is 9.02. The van der Waals surface area contributed by atoms with Crippen molar-refractivity contribution in [3.63, 3.8) is 0 Å². The van der Waals surface area contributed by atoms with E-state index in [0.29, 0.717) is 0 Å². The molecule has 0 amide bonds. The summed E-state index contributed by atoms with van der Waals surface area (Å²) in [5.74, 6) is 2.96. The fraction of sp³-hybridized carbons (Fsp3) is 1.00. The third-order valence-electron chi connectivity index (χ3n) is 5.08. The Labute approximate surface area is 121 Å². The summed E-state index contributed by atoms with van der Waals surface area (Å²) in [4.78, 5) is 0. The fourth-order valence-corrected chi connectivity index (χ4v) is 3.75. The van der Waals surface area contributed by atoms with Crippen LogP contribution in [0.15, 0.2) is 0 Å². The summed E-state index contributed by atoms with van der Waals surface area (Å²) in [6, 6.07) is 0. The third kappa shape index (κ3) is 6.79. The van der Waals surface area contributed by atoms with E-state index in [9.17, 15) is 0 Å². The van der Waals surface area contributed by atoms with Gasteiger partial charge in [0.1, 0.15) is 0 Å². The average molecular weight is 268 g/mol. The van der Waals surface area contributed by atoms with Crippen LogP contribution in [0.25, 0.3) is 0 Å². The van der Waals surface area contributed by atoms with E-state index in [-0.39, 0.29) is 0 Å². The predicted molar refractivity (Wildman–Crippen MR) is 86.5 cm³/mol. The van der Waals surface area contributed by atoms with E-state index >= 15 is 0 Å². The molecule has 1 fully saturated rings. The van der Waals surface area contributed by atoms with Gasteiger partial charge in [0, 0.05) is 0 Å². The Kier molecular flexibility index (Phi) is 9.59. The van der Waals surface area contributed by atoms with E-state index < -0.39 is 0 Å². The summed E-state index contributed by atoms with van der Waals surface area (Å²) in [7, 11) is 0. The molecule has 0 saturated heterocycles. The van der Waals surface area contributed by atoms with Crippen LogP contribution in [0.1, 0.15) is 85.0 Å². The van der Waals surface area contributed by atoms with Gasteiger partial charge >= 0.3 is 0 Å². The van der Waals surface area contributed by atoms with E-state index in [1.54, 1.807) is 0 Å². The van der Waals surface area contributed by atoms with Gasteiger partial charge in [0.05, 0.1) is 0 Å². The van der Waals surface area contributed by atoms with Gasteiger partial charge in [-0.3, -0.25) is 0 Å². The highest BCUT2D eigenvalue weighted by molar-refractivity contribution is 4.79. The topological polar surface area (TPSA) is 12.0 Å². The van der Waals surface area contributed by atoms with Gasteiger partial charge in [-0.2, -0.15) is 0 Å². The van der Waals surface area contributed by atoms with Gasteiger partial charge in [-0.1, -0.05) is 72.1 Å². The molecule has 1 saturated carbocycles. The molecular weight excluding hydrogens is 230 g/mol. The lowest BCUT2D eigenvalue weighted by atomic mass is 9.80. The molecule has 0 bridgehead atoms. The van der Waals surface area contributed by atoms with Gasteiger partial charge in [0.15, 0.2) is 0 Å². The molecule has 0 heterocycles. The maximum atomic E-state index is 3.70. The standard InChI is InChI=1S/C18H37N/c1-4-7-10-16(6-3)14-18(15-19-13-5-2)17-11-8-9-12-17/h16-19H,4-15H2,1-3H3. The molecule has 1 N–H and O–H groups in total. The van der Waals surface area contributed by atoms with Crippen LogP contribution in [0, 0.1) is 17.8 Å². The summed E-state index contributed by atoms with van der Waals surface area (Å²) < 4.78 is 0. The Hall–Kier alpha value is -0.0400. The van der Waals surface area contributed by atoms with Crippen LogP contribution in [0.2, 0.25) is 0 Å². The van der Waals surface area contributed by atoms with Crippen molar-refractivity contribution in [2.24, 2.45) is 17.8 Å². The number of nitrogens with one attached hydrogen (secondary N) is 1. The van der Waals surface area contributed by atoms with Gasteiger partial charge in [-0.25, -0.2) is 0 Å². The summed E-state index contributed by atoms with van der Waals surface area (Å²) in [5.41, 5.74) is 0. The fourth-order valence-electron chi connectivity index (χ4n) is 3.75. The second-order valence-electron chi connectivity index (χ2n) is 6.66. The van der Waals surface area contributed by atoms with Crippen LogP contribution in [0.5, 0.6) is 0 Å². The van der Waals surface area contributed by atoms with Gasteiger partial charge < -0.3 is 5.32 Å². The lowest BCUT2D eigenvalue weighted by molar-refractivity contribution is 0.247. The third-order valence-corrected chi connectivity index (χ3v) is 5.08. The normalized spacial score (nSPS) is 19.7. The molecule has 1 nitrogen and oxygen atoms in total. The van der Waals surface area contributed by atoms with Crippen LogP contribution in [-0.4, -0.2) is 13.1 Å². The van der Waals surface area contributed by atoms with Gasteiger partial charge in [-0.05, 0) is 43.7 Å². The molecule has 1 aliphatic carbocycles. The number of hydrogen-bond acceptors (Lipinski definition) is 1. The van der Waals surface area contributed by atoms with Crippen molar-refractivity contribution >= 4 is 0 Å². The van der Waals surface area contributed by atoms with Crippen molar-refractivity contribution in [3.05, 3.63) is 0 Å². The zero-order valence-electron chi connectivity index (χ0n) is 13.7. The molecule has 0 aliphatic heterocycles. The molecule has 114 valence electrons. The molecule has 0 spiro atoms. The maximum absolute atomic E-state index is 3.70. The highest BCUT2D eigenvalue weighted by atomic mass is 14.9. The minimum atomic E-state index is 0.954. The van der Waals surface area contributed by atoms with Crippen molar-refractivity contribution in [3.8, 4) is 0 Å². The van der Waals surface area contributed by atoms with Crippen molar-refractivity contribution in [1.29, 1.82) is 0 Å². The molecule has 2 unspecified atom stereocenters. The number of rotatable bonds is 11. The van der Waals surface area contributed by atoms with Gasteiger partial charge in [-0.15, -0.1) is 0 Å². The Bertz CT molecular complexity index is 196. The van der Waals surface area contributed by atoms with E-state index in [1.165, 1.54) is 77.3 Å². The molecule has 1 rings (SSSR count). The molecule has 1 aliphatic rings. The first kappa shape index (κ1) is 17.0. The zero-order valence-corrected chi connectivity index (χ0v) is 13.7. The van der Waals surface area contributed by atoms with Gasteiger partial charge in [0.2, 0.25) is 0 Å². The van der Waals surface area contributed by atoms with E-state index in [4.69, 9.17) is 0 Å². The van der Waals surface area contributed by atoms with Crippen LogP contribution in [0.4, 0.5) is 0 Å². The first-order chi connectivity index (χ1) is 9.31. The summed E-state index contributed by atoms with van der Waals surface area (Å²) in [6.45, 7) is 9.47. The van der Waals surface area contributed by atoms with Crippen molar-refractivity contribution in [2.75, 3.05) is 13.1 Å². The molecule has 0 radical (unpaired) electrons. The van der Waals surface area contributed by atoms with Crippen LogP contribution < -0.4 is 5.32 Å². The number of unbranched alkanes of at least 4 members (excludes halogenated alkanes) is 1. The first-order valence-corrected chi connectivity index (χ1v) is 9.02. The van der Waals surface area contributed by atoms with Crippen LogP contribution >= 0.6 is 0 Å². The van der Waals surface area contributed by atoms with Crippen molar-refractivity contribution in [2.45, 2.75) is 85.0 Å². The second-order valence-corrected chi connectivity index (χ2v) is 6.66. The number of hydrogen-bond donors (Lipinski definition) is 1. The van der Waals surface area contributed by atoms with E-state index in [1.807, 2.05) is 0 Å². The Balaban J connectivity index is 2.40. The Morgan fingerprint density at radius 3 is 2.37 bits per heavy atom. The molecule has 19 heavy (non-hydrogen) atoms. The predicted octanol–water partition coefficient (Wildman–Crippen LogP) is 5.40. The molecule has 0 aromatic heterocycles. The largest absolute Gasteiger partial charge is 0.316 e. The van der Waals surface area contributed by atoms with E-state index in [0.717, 1.165) is 17.8 Å². The minimum Gasteiger partial charge on any atom is -0.316 e. The minimum absolute atomic E-state index is 0.954. The lowest BCUT2D eigenvalue weighted by Gasteiger charge is -2.28. The van der Waals surface area contributed by atoms with Crippen molar-refractivity contribution < 1.29 is 0 Å². The lowest BCUT2D eigenvalue weighted by Crippen LogP contribution is -2.29. The summed E-state index contributed by atoms with van der Waals surface area (Å²) >= 11 is 0. The second kappa shape index (κ2) is 10.7. The highest BCUT2D eigenvalue weighted by Gasteiger charge is 2.26. The van der Waals surface area contributed by atoms with Crippen molar-refractivity contribution in [1.82, 2.24) is 5.32 Å². The average Bonchev–Trinajstić information content (AvgIpc) is 2.95. The molecule has 0 aromatic rings. The molecule has 2 atom stereocenters. The smallest absolute Gasteiger partial charge is 0.00178 e. The summed E-state index contributed by atoms with van der Waals surface area (Å²) in [6.07, 6.45) is 14.4. The Morgan fingerprint density at radius 2 is 1.79 bits per heavy atom. The van der Waals surface area contributed by atoms with E-state index in [2.05, 4.69) is 26.1 Å². The SMILES string of the molecule is CCCCC(CC)CC(CNCCC)C1CCCC1.